The number of hydrogen-bond donors (Lipinski definition) is 2. The molecule has 1 aromatic heterocycles. The van der Waals surface area contributed by atoms with E-state index in [-0.39, 0.29) is 36.1 Å². The Morgan fingerprint density at radius 1 is 1.21 bits per heavy atom. The van der Waals surface area contributed by atoms with Gasteiger partial charge in [0.15, 0.2) is 5.96 Å². The smallest absolute Gasteiger partial charge is 0.191 e. The fourth-order valence-corrected chi connectivity index (χ4v) is 1.98. The molecule has 0 spiro atoms. The fourth-order valence-electron chi connectivity index (χ4n) is 1.87. The van der Waals surface area contributed by atoms with E-state index in [1.54, 1.807) is 12.3 Å². The van der Waals surface area contributed by atoms with Gasteiger partial charge in [0, 0.05) is 24.8 Å². The number of rotatable bonds is 5. The molecular weight excluding hydrogens is 449 g/mol. The van der Waals surface area contributed by atoms with E-state index in [9.17, 15) is 8.78 Å². The summed E-state index contributed by atoms with van der Waals surface area (Å²) in [4.78, 5) is 8.36. The zero-order valence-corrected chi connectivity index (χ0v) is 16.1. The second-order valence-electron chi connectivity index (χ2n) is 4.77. The maximum absolute atomic E-state index is 13.6. The Hall–Kier alpha value is -1.48. The third-order valence-corrected chi connectivity index (χ3v) is 3.23. The first-order chi connectivity index (χ1) is 11.1. The number of halogens is 4. The SMILES string of the molecule is CCNC(=NCc1ccc(Cl)nc1)NCc1cc(F)ccc1F.I. The van der Waals surface area contributed by atoms with Crippen molar-refractivity contribution in [2.75, 3.05) is 6.54 Å². The van der Waals surface area contributed by atoms with Crippen LogP contribution in [0.2, 0.25) is 5.15 Å². The summed E-state index contributed by atoms with van der Waals surface area (Å²) in [6, 6.07) is 6.87. The number of guanidine groups is 1. The lowest BCUT2D eigenvalue weighted by Gasteiger charge is -2.12. The highest BCUT2D eigenvalue weighted by molar-refractivity contribution is 14.0. The van der Waals surface area contributed by atoms with Gasteiger partial charge in [0.05, 0.1) is 6.54 Å². The van der Waals surface area contributed by atoms with Gasteiger partial charge in [-0.25, -0.2) is 18.8 Å². The van der Waals surface area contributed by atoms with Gasteiger partial charge in [-0.1, -0.05) is 17.7 Å². The molecule has 2 rings (SSSR count). The molecular formula is C16H18ClF2IN4. The van der Waals surface area contributed by atoms with Gasteiger partial charge >= 0.3 is 0 Å². The second-order valence-corrected chi connectivity index (χ2v) is 5.16. The van der Waals surface area contributed by atoms with Crippen molar-refractivity contribution in [2.24, 2.45) is 4.99 Å². The van der Waals surface area contributed by atoms with Crippen molar-refractivity contribution >= 4 is 41.5 Å². The number of pyridine rings is 1. The van der Waals surface area contributed by atoms with Crippen molar-refractivity contribution in [3.05, 3.63) is 64.4 Å². The highest BCUT2D eigenvalue weighted by Gasteiger charge is 2.05. The molecule has 4 nitrogen and oxygen atoms in total. The molecule has 2 N–H and O–H groups in total. The van der Waals surface area contributed by atoms with Gasteiger partial charge in [-0.3, -0.25) is 0 Å². The summed E-state index contributed by atoms with van der Waals surface area (Å²) >= 11 is 5.73. The van der Waals surface area contributed by atoms with Crippen LogP contribution in [0.4, 0.5) is 8.78 Å². The quantitative estimate of drug-likeness (QED) is 0.304. The van der Waals surface area contributed by atoms with E-state index in [4.69, 9.17) is 11.6 Å². The molecule has 2 aromatic rings. The Bertz CT molecular complexity index is 680. The Kier molecular flexibility index (Phi) is 8.91. The van der Waals surface area contributed by atoms with Gasteiger partial charge in [-0.15, -0.1) is 24.0 Å². The molecule has 130 valence electrons. The minimum Gasteiger partial charge on any atom is -0.357 e. The van der Waals surface area contributed by atoms with Crippen LogP contribution in [0.1, 0.15) is 18.1 Å². The van der Waals surface area contributed by atoms with Gasteiger partial charge in [-0.2, -0.15) is 0 Å². The maximum atomic E-state index is 13.6. The van der Waals surface area contributed by atoms with Crippen molar-refractivity contribution in [3.63, 3.8) is 0 Å². The minimum atomic E-state index is -0.475. The Labute approximate surface area is 161 Å². The van der Waals surface area contributed by atoms with Crippen LogP contribution < -0.4 is 10.6 Å². The first-order valence-electron chi connectivity index (χ1n) is 7.15. The summed E-state index contributed by atoms with van der Waals surface area (Å²) in [5.41, 5.74) is 1.13. The largest absolute Gasteiger partial charge is 0.357 e. The third kappa shape index (κ3) is 6.56. The normalized spacial score (nSPS) is 10.9. The molecule has 0 saturated heterocycles. The lowest BCUT2D eigenvalue weighted by molar-refractivity contribution is 0.581. The van der Waals surface area contributed by atoms with Gasteiger partial charge in [-0.05, 0) is 36.8 Å². The zero-order valence-electron chi connectivity index (χ0n) is 13.0. The summed E-state index contributed by atoms with van der Waals surface area (Å²) in [6.07, 6.45) is 1.64. The van der Waals surface area contributed by atoms with Crippen molar-refractivity contribution in [1.82, 2.24) is 15.6 Å². The summed E-state index contributed by atoms with van der Waals surface area (Å²) < 4.78 is 26.8. The predicted octanol–water partition coefficient (Wildman–Crippen LogP) is 3.89. The average Bonchev–Trinajstić information content (AvgIpc) is 2.54. The number of nitrogens with zero attached hydrogens (tertiary/aromatic N) is 2. The lowest BCUT2D eigenvalue weighted by atomic mass is 10.2. The summed E-state index contributed by atoms with van der Waals surface area (Å²) in [7, 11) is 0. The highest BCUT2D eigenvalue weighted by Crippen LogP contribution is 2.09. The number of hydrogen-bond acceptors (Lipinski definition) is 2. The molecule has 0 aliphatic heterocycles. The van der Waals surface area contributed by atoms with E-state index in [1.165, 1.54) is 0 Å². The summed E-state index contributed by atoms with van der Waals surface area (Å²) in [5, 5.41) is 6.44. The van der Waals surface area contributed by atoms with Crippen molar-refractivity contribution in [3.8, 4) is 0 Å². The van der Waals surface area contributed by atoms with Crippen LogP contribution in [-0.4, -0.2) is 17.5 Å². The van der Waals surface area contributed by atoms with E-state index in [1.807, 2.05) is 13.0 Å². The van der Waals surface area contributed by atoms with Crippen LogP contribution in [-0.2, 0) is 13.1 Å². The standard InChI is InChI=1S/C16H17ClF2N4.HI/c1-2-20-16(22-9-11-3-6-15(17)21-8-11)23-10-12-7-13(18)4-5-14(12)19;/h3-8H,2,9-10H2,1H3,(H2,20,22,23);1H. The minimum absolute atomic E-state index is 0. The van der Waals surface area contributed by atoms with E-state index < -0.39 is 11.6 Å². The number of benzene rings is 1. The van der Waals surface area contributed by atoms with Crippen molar-refractivity contribution in [2.45, 2.75) is 20.0 Å². The van der Waals surface area contributed by atoms with Crippen LogP contribution in [0.15, 0.2) is 41.5 Å². The molecule has 0 radical (unpaired) electrons. The molecule has 8 heteroatoms. The molecule has 1 heterocycles. The van der Waals surface area contributed by atoms with Gasteiger partial charge in [0.25, 0.3) is 0 Å². The molecule has 0 saturated carbocycles. The fraction of sp³-hybridized carbons (Fsp3) is 0.250. The van der Waals surface area contributed by atoms with Crippen molar-refractivity contribution < 1.29 is 8.78 Å². The van der Waals surface area contributed by atoms with Gasteiger partial charge < -0.3 is 10.6 Å². The van der Waals surface area contributed by atoms with Crippen LogP contribution in [0, 0.1) is 11.6 Å². The number of nitrogens with one attached hydrogen (secondary N) is 2. The van der Waals surface area contributed by atoms with E-state index in [0.29, 0.717) is 24.2 Å². The van der Waals surface area contributed by atoms with E-state index in [0.717, 1.165) is 23.8 Å². The molecule has 0 aliphatic rings. The molecule has 0 aliphatic carbocycles. The topological polar surface area (TPSA) is 49.3 Å². The highest BCUT2D eigenvalue weighted by atomic mass is 127. The Morgan fingerprint density at radius 2 is 2.00 bits per heavy atom. The molecule has 0 atom stereocenters. The first kappa shape index (κ1) is 20.6. The van der Waals surface area contributed by atoms with Crippen LogP contribution >= 0.6 is 35.6 Å². The maximum Gasteiger partial charge on any atom is 0.191 e. The Morgan fingerprint density at radius 3 is 2.67 bits per heavy atom. The molecule has 1 aromatic carbocycles. The molecule has 0 unspecified atom stereocenters. The molecule has 0 amide bonds. The monoisotopic (exact) mass is 466 g/mol. The first-order valence-corrected chi connectivity index (χ1v) is 7.53. The third-order valence-electron chi connectivity index (χ3n) is 3.01. The van der Waals surface area contributed by atoms with E-state index >= 15 is 0 Å². The van der Waals surface area contributed by atoms with Crippen LogP contribution in [0.5, 0.6) is 0 Å². The summed E-state index contributed by atoms with van der Waals surface area (Å²) in [5.74, 6) is -0.430. The zero-order chi connectivity index (χ0) is 16.7. The van der Waals surface area contributed by atoms with Crippen molar-refractivity contribution in [1.29, 1.82) is 0 Å². The molecule has 0 fully saturated rings. The van der Waals surface area contributed by atoms with E-state index in [2.05, 4.69) is 20.6 Å². The summed E-state index contributed by atoms with van der Waals surface area (Å²) in [6.45, 7) is 3.10. The van der Waals surface area contributed by atoms with Gasteiger partial charge in [0.2, 0.25) is 0 Å². The molecule has 0 bridgehead atoms. The van der Waals surface area contributed by atoms with Crippen LogP contribution in [0.25, 0.3) is 0 Å². The molecule has 24 heavy (non-hydrogen) atoms. The lowest BCUT2D eigenvalue weighted by Crippen LogP contribution is -2.37. The number of aliphatic imine (C=N–C) groups is 1. The Balaban J connectivity index is 0.00000288. The average molecular weight is 467 g/mol. The second kappa shape index (κ2) is 10.4. The number of aromatic nitrogens is 1. The van der Waals surface area contributed by atoms with Gasteiger partial charge in [0.1, 0.15) is 16.8 Å². The van der Waals surface area contributed by atoms with Crippen LogP contribution in [0.3, 0.4) is 0 Å². The predicted molar refractivity (Wildman–Crippen MR) is 103 cm³/mol.